The van der Waals surface area contributed by atoms with Crippen molar-refractivity contribution >= 4 is 0 Å². The molecule has 2 unspecified atom stereocenters. The molecule has 2 atom stereocenters. The standard InChI is InChI=1S/C11H18O3/c1-10(13)6-3-5-9(10)11(2,14)7-4-8-12/h4-5,7,12-14H,3,6,8H2,1-2H3/b7-4+. The van der Waals surface area contributed by atoms with Crippen LogP contribution in [0.2, 0.25) is 0 Å². The monoisotopic (exact) mass is 198 g/mol. The van der Waals surface area contributed by atoms with Crippen molar-refractivity contribution in [3.63, 3.8) is 0 Å². The van der Waals surface area contributed by atoms with Crippen molar-refractivity contribution in [2.75, 3.05) is 6.61 Å². The topological polar surface area (TPSA) is 60.7 Å². The molecule has 0 bridgehead atoms. The molecular weight excluding hydrogens is 180 g/mol. The Kier molecular flexibility index (Phi) is 3.14. The lowest BCUT2D eigenvalue weighted by molar-refractivity contribution is 0.0475. The molecule has 1 rings (SSSR count). The fourth-order valence-corrected chi connectivity index (χ4v) is 1.98. The van der Waals surface area contributed by atoms with Crippen LogP contribution in [-0.2, 0) is 0 Å². The lowest BCUT2D eigenvalue weighted by Gasteiger charge is -2.31. The first kappa shape index (κ1) is 11.4. The van der Waals surface area contributed by atoms with E-state index in [1.165, 1.54) is 12.2 Å². The van der Waals surface area contributed by atoms with Crippen LogP contribution in [0.5, 0.6) is 0 Å². The maximum absolute atomic E-state index is 10.1. The zero-order chi connectivity index (χ0) is 10.8. The predicted molar refractivity (Wildman–Crippen MR) is 54.8 cm³/mol. The molecule has 0 radical (unpaired) electrons. The van der Waals surface area contributed by atoms with Crippen molar-refractivity contribution in [1.29, 1.82) is 0 Å². The van der Waals surface area contributed by atoms with E-state index in [1.54, 1.807) is 13.8 Å². The zero-order valence-electron chi connectivity index (χ0n) is 8.70. The summed E-state index contributed by atoms with van der Waals surface area (Å²) in [6, 6.07) is 0. The Morgan fingerprint density at radius 1 is 1.64 bits per heavy atom. The van der Waals surface area contributed by atoms with E-state index in [0.717, 1.165) is 6.42 Å². The third-order valence-electron chi connectivity index (χ3n) is 2.65. The highest BCUT2D eigenvalue weighted by Crippen LogP contribution is 2.37. The van der Waals surface area contributed by atoms with Gasteiger partial charge in [-0.25, -0.2) is 0 Å². The lowest BCUT2D eigenvalue weighted by Crippen LogP contribution is -2.37. The Hall–Kier alpha value is -0.640. The van der Waals surface area contributed by atoms with Crippen LogP contribution >= 0.6 is 0 Å². The van der Waals surface area contributed by atoms with Gasteiger partial charge in [-0.05, 0) is 32.3 Å². The van der Waals surface area contributed by atoms with Crippen LogP contribution in [0.25, 0.3) is 0 Å². The number of rotatable bonds is 3. The van der Waals surface area contributed by atoms with E-state index in [2.05, 4.69) is 0 Å². The molecule has 0 aliphatic heterocycles. The predicted octanol–water partition coefficient (Wildman–Crippen LogP) is 0.757. The van der Waals surface area contributed by atoms with Crippen LogP contribution in [0.1, 0.15) is 26.7 Å². The van der Waals surface area contributed by atoms with Gasteiger partial charge in [0.25, 0.3) is 0 Å². The van der Waals surface area contributed by atoms with E-state index in [9.17, 15) is 10.2 Å². The van der Waals surface area contributed by atoms with Crippen molar-refractivity contribution in [3.8, 4) is 0 Å². The fraction of sp³-hybridized carbons (Fsp3) is 0.636. The Morgan fingerprint density at radius 2 is 2.29 bits per heavy atom. The van der Waals surface area contributed by atoms with Gasteiger partial charge in [-0.3, -0.25) is 0 Å². The lowest BCUT2D eigenvalue weighted by atomic mass is 9.85. The van der Waals surface area contributed by atoms with Gasteiger partial charge in [-0.15, -0.1) is 0 Å². The molecule has 0 heterocycles. The second kappa shape index (κ2) is 3.85. The highest BCUT2D eigenvalue weighted by atomic mass is 16.3. The van der Waals surface area contributed by atoms with Crippen LogP contribution < -0.4 is 0 Å². The largest absolute Gasteiger partial charge is 0.392 e. The zero-order valence-corrected chi connectivity index (χ0v) is 8.70. The first-order valence-corrected chi connectivity index (χ1v) is 4.84. The van der Waals surface area contributed by atoms with Crippen LogP contribution in [0.15, 0.2) is 23.8 Å². The minimum atomic E-state index is -1.16. The summed E-state index contributed by atoms with van der Waals surface area (Å²) in [7, 11) is 0. The average Bonchev–Trinajstić information content (AvgIpc) is 2.42. The molecule has 14 heavy (non-hydrogen) atoms. The summed E-state index contributed by atoms with van der Waals surface area (Å²) in [5.74, 6) is 0. The van der Waals surface area contributed by atoms with E-state index in [-0.39, 0.29) is 6.61 Å². The normalized spacial score (nSPS) is 31.9. The second-order valence-electron chi connectivity index (χ2n) is 4.16. The summed E-state index contributed by atoms with van der Waals surface area (Å²) in [5.41, 5.74) is -1.47. The summed E-state index contributed by atoms with van der Waals surface area (Å²) in [6.07, 6.45) is 6.28. The van der Waals surface area contributed by atoms with Gasteiger partial charge in [0.1, 0.15) is 5.60 Å². The fourth-order valence-electron chi connectivity index (χ4n) is 1.98. The molecule has 0 amide bonds. The molecule has 3 heteroatoms. The van der Waals surface area contributed by atoms with Crippen molar-refractivity contribution in [1.82, 2.24) is 0 Å². The van der Waals surface area contributed by atoms with Gasteiger partial charge in [-0.1, -0.05) is 18.2 Å². The van der Waals surface area contributed by atoms with Crippen molar-refractivity contribution in [2.24, 2.45) is 0 Å². The molecule has 0 saturated heterocycles. The molecule has 3 nitrogen and oxygen atoms in total. The highest BCUT2D eigenvalue weighted by molar-refractivity contribution is 5.34. The van der Waals surface area contributed by atoms with Gasteiger partial charge < -0.3 is 15.3 Å². The first-order valence-electron chi connectivity index (χ1n) is 4.84. The molecule has 0 aromatic carbocycles. The number of hydrogen-bond acceptors (Lipinski definition) is 3. The van der Waals surface area contributed by atoms with Gasteiger partial charge in [0, 0.05) is 0 Å². The van der Waals surface area contributed by atoms with E-state index in [0.29, 0.717) is 12.0 Å². The SMILES string of the molecule is CC(O)(/C=C/CO)C1=CCCC1(C)O. The minimum absolute atomic E-state index is 0.106. The molecule has 0 aromatic rings. The van der Waals surface area contributed by atoms with Crippen molar-refractivity contribution < 1.29 is 15.3 Å². The summed E-state index contributed by atoms with van der Waals surface area (Å²) in [6.45, 7) is 3.21. The van der Waals surface area contributed by atoms with Crippen LogP contribution in [0.3, 0.4) is 0 Å². The quantitative estimate of drug-likeness (QED) is 0.587. The maximum Gasteiger partial charge on any atom is 0.104 e. The number of aliphatic hydroxyl groups is 3. The number of allylic oxidation sites excluding steroid dienone is 1. The molecule has 0 aromatic heterocycles. The van der Waals surface area contributed by atoms with Crippen molar-refractivity contribution in [3.05, 3.63) is 23.8 Å². The summed E-state index contributed by atoms with van der Waals surface area (Å²) in [4.78, 5) is 0. The highest BCUT2D eigenvalue weighted by Gasteiger charge is 2.39. The number of hydrogen-bond donors (Lipinski definition) is 3. The summed E-state index contributed by atoms with van der Waals surface area (Å²) < 4.78 is 0. The second-order valence-corrected chi connectivity index (χ2v) is 4.16. The van der Waals surface area contributed by atoms with Crippen molar-refractivity contribution in [2.45, 2.75) is 37.9 Å². The third-order valence-corrected chi connectivity index (χ3v) is 2.65. The van der Waals surface area contributed by atoms with E-state index >= 15 is 0 Å². The molecule has 0 fully saturated rings. The maximum atomic E-state index is 10.1. The smallest absolute Gasteiger partial charge is 0.104 e. The summed E-state index contributed by atoms with van der Waals surface area (Å²) >= 11 is 0. The van der Waals surface area contributed by atoms with Crippen LogP contribution in [0, 0.1) is 0 Å². The van der Waals surface area contributed by atoms with E-state index in [1.807, 2.05) is 6.08 Å². The van der Waals surface area contributed by atoms with Gasteiger partial charge in [0.05, 0.1) is 12.2 Å². The minimum Gasteiger partial charge on any atom is -0.392 e. The van der Waals surface area contributed by atoms with Crippen LogP contribution in [-0.4, -0.2) is 33.1 Å². The van der Waals surface area contributed by atoms with Gasteiger partial charge in [-0.2, -0.15) is 0 Å². The van der Waals surface area contributed by atoms with E-state index < -0.39 is 11.2 Å². The average molecular weight is 198 g/mol. The third kappa shape index (κ3) is 2.23. The first-order chi connectivity index (χ1) is 6.40. The Labute approximate surface area is 84.4 Å². The molecule has 3 N–H and O–H groups in total. The van der Waals surface area contributed by atoms with Gasteiger partial charge in [0.15, 0.2) is 0 Å². The van der Waals surface area contributed by atoms with Gasteiger partial charge >= 0.3 is 0 Å². The number of aliphatic hydroxyl groups excluding tert-OH is 1. The molecule has 1 aliphatic rings. The summed E-state index contributed by atoms with van der Waals surface area (Å²) in [5, 5.41) is 28.6. The Balaban J connectivity index is 2.87. The molecule has 1 aliphatic carbocycles. The molecule has 80 valence electrons. The molecular formula is C11H18O3. The van der Waals surface area contributed by atoms with E-state index in [4.69, 9.17) is 5.11 Å². The Bertz CT molecular complexity index is 262. The van der Waals surface area contributed by atoms with Gasteiger partial charge in [0.2, 0.25) is 0 Å². The molecule has 0 saturated carbocycles. The van der Waals surface area contributed by atoms with Crippen LogP contribution in [0.4, 0.5) is 0 Å². The Morgan fingerprint density at radius 3 is 2.71 bits per heavy atom. The molecule has 0 spiro atoms.